The molecule has 0 unspecified atom stereocenters. The van der Waals surface area contributed by atoms with Crippen molar-refractivity contribution in [2.24, 2.45) is 0 Å². The maximum atomic E-state index is 4.95. The van der Waals surface area contributed by atoms with E-state index in [0.717, 1.165) is 11.3 Å². The summed E-state index contributed by atoms with van der Waals surface area (Å²) in [6.07, 6.45) is 0. The van der Waals surface area contributed by atoms with Gasteiger partial charge in [-0.1, -0.05) is 24.4 Å². The van der Waals surface area contributed by atoms with Crippen molar-refractivity contribution in [1.82, 2.24) is 10.2 Å². The van der Waals surface area contributed by atoms with Gasteiger partial charge in [-0.2, -0.15) is 5.10 Å². The van der Waals surface area contributed by atoms with Crippen LogP contribution < -0.4 is 4.90 Å². The Morgan fingerprint density at radius 1 is 1.06 bits per heavy atom. The zero-order valence-electron chi connectivity index (χ0n) is 9.27. The van der Waals surface area contributed by atoms with Gasteiger partial charge < -0.3 is 4.90 Å². The summed E-state index contributed by atoms with van der Waals surface area (Å²) in [6, 6.07) is 12.0. The number of aromatic amines is 1. The van der Waals surface area contributed by atoms with Gasteiger partial charge in [0.25, 0.3) is 0 Å². The fraction of sp³-hybridized carbons (Fsp3) is 0.167. The third-order valence-electron chi connectivity index (χ3n) is 2.36. The van der Waals surface area contributed by atoms with Crippen LogP contribution in [0.5, 0.6) is 0 Å². The van der Waals surface area contributed by atoms with Crippen molar-refractivity contribution >= 4 is 17.9 Å². The topological polar surface area (TPSA) is 31.9 Å². The second-order valence-corrected chi connectivity index (χ2v) is 4.19. The van der Waals surface area contributed by atoms with Gasteiger partial charge in [-0.25, -0.2) is 0 Å². The number of rotatable bonds is 2. The Morgan fingerprint density at radius 2 is 1.75 bits per heavy atom. The minimum Gasteiger partial charge on any atom is -0.378 e. The van der Waals surface area contributed by atoms with Gasteiger partial charge in [0.1, 0.15) is 4.64 Å². The molecule has 0 aliphatic carbocycles. The van der Waals surface area contributed by atoms with Crippen LogP contribution >= 0.6 is 12.2 Å². The molecular weight excluding hydrogens is 218 g/mol. The van der Waals surface area contributed by atoms with Crippen LogP contribution in [-0.2, 0) is 0 Å². The molecule has 0 aliphatic rings. The first-order chi connectivity index (χ1) is 7.66. The number of anilines is 1. The van der Waals surface area contributed by atoms with Gasteiger partial charge in [0.05, 0.1) is 5.69 Å². The minimum absolute atomic E-state index is 0.647. The first-order valence-electron chi connectivity index (χ1n) is 5.00. The summed E-state index contributed by atoms with van der Waals surface area (Å²) in [5, 5.41) is 6.97. The van der Waals surface area contributed by atoms with E-state index in [-0.39, 0.29) is 0 Å². The third kappa shape index (κ3) is 2.28. The number of hydrogen-bond donors (Lipinski definition) is 1. The van der Waals surface area contributed by atoms with Crippen LogP contribution in [0.1, 0.15) is 0 Å². The van der Waals surface area contributed by atoms with Crippen molar-refractivity contribution in [1.29, 1.82) is 0 Å². The highest BCUT2D eigenvalue weighted by Crippen LogP contribution is 2.19. The Balaban J connectivity index is 2.34. The monoisotopic (exact) mass is 231 g/mol. The van der Waals surface area contributed by atoms with Gasteiger partial charge >= 0.3 is 0 Å². The van der Waals surface area contributed by atoms with Gasteiger partial charge in [-0.3, -0.25) is 5.10 Å². The lowest BCUT2D eigenvalue weighted by atomic mass is 10.1. The zero-order chi connectivity index (χ0) is 11.5. The second kappa shape index (κ2) is 4.45. The highest BCUT2D eigenvalue weighted by molar-refractivity contribution is 7.71. The van der Waals surface area contributed by atoms with E-state index in [9.17, 15) is 0 Å². The first-order valence-corrected chi connectivity index (χ1v) is 5.41. The van der Waals surface area contributed by atoms with Gasteiger partial charge in [0.2, 0.25) is 0 Å². The van der Waals surface area contributed by atoms with Crippen molar-refractivity contribution in [3.05, 3.63) is 41.0 Å². The lowest BCUT2D eigenvalue weighted by Crippen LogP contribution is -2.07. The second-order valence-electron chi connectivity index (χ2n) is 3.75. The van der Waals surface area contributed by atoms with E-state index in [0.29, 0.717) is 4.64 Å². The molecule has 0 saturated heterocycles. The number of nitrogens with zero attached hydrogens (tertiary/aromatic N) is 2. The molecule has 2 aromatic rings. The van der Waals surface area contributed by atoms with E-state index in [1.807, 2.05) is 26.2 Å². The van der Waals surface area contributed by atoms with Crippen molar-refractivity contribution in [3.8, 4) is 11.3 Å². The zero-order valence-corrected chi connectivity index (χ0v) is 10.1. The van der Waals surface area contributed by atoms with E-state index in [4.69, 9.17) is 12.2 Å². The standard InChI is InChI=1S/C12H13N3S/c1-15(2)10-5-3-9(4-6-10)11-7-8-12(16)14-13-11/h3-8H,1-2H3,(H,14,16). The van der Waals surface area contributed by atoms with Crippen LogP contribution in [0, 0.1) is 4.64 Å². The van der Waals surface area contributed by atoms with Crippen molar-refractivity contribution in [2.45, 2.75) is 0 Å². The number of H-pyrrole nitrogens is 1. The summed E-state index contributed by atoms with van der Waals surface area (Å²) >= 11 is 4.95. The molecule has 0 aliphatic heterocycles. The molecule has 16 heavy (non-hydrogen) atoms. The predicted octanol–water partition coefficient (Wildman–Crippen LogP) is 2.87. The molecule has 1 aromatic heterocycles. The van der Waals surface area contributed by atoms with Gasteiger partial charge in [0, 0.05) is 25.3 Å². The largest absolute Gasteiger partial charge is 0.378 e. The molecule has 1 aromatic carbocycles. The summed E-state index contributed by atoms with van der Waals surface area (Å²) in [6.45, 7) is 0. The summed E-state index contributed by atoms with van der Waals surface area (Å²) in [4.78, 5) is 2.07. The summed E-state index contributed by atoms with van der Waals surface area (Å²) in [7, 11) is 4.04. The maximum absolute atomic E-state index is 4.95. The minimum atomic E-state index is 0.647. The molecule has 82 valence electrons. The van der Waals surface area contributed by atoms with Crippen LogP contribution in [0.15, 0.2) is 36.4 Å². The Morgan fingerprint density at radius 3 is 2.25 bits per heavy atom. The molecule has 0 bridgehead atoms. The highest BCUT2D eigenvalue weighted by atomic mass is 32.1. The lowest BCUT2D eigenvalue weighted by molar-refractivity contribution is 1.02. The molecule has 1 N–H and O–H groups in total. The number of aromatic nitrogens is 2. The number of benzene rings is 1. The molecule has 4 heteroatoms. The number of hydrogen-bond acceptors (Lipinski definition) is 3. The van der Waals surface area contributed by atoms with E-state index >= 15 is 0 Å². The summed E-state index contributed by atoms with van der Waals surface area (Å²) in [5.41, 5.74) is 3.16. The van der Waals surface area contributed by atoms with Crippen molar-refractivity contribution in [2.75, 3.05) is 19.0 Å². The van der Waals surface area contributed by atoms with Gasteiger partial charge in [-0.15, -0.1) is 0 Å². The summed E-state index contributed by atoms with van der Waals surface area (Å²) < 4.78 is 0.647. The van der Waals surface area contributed by atoms with Gasteiger partial charge in [-0.05, 0) is 24.3 Å². The third-order valence-corrected chi connectivity index (χ3v) is 2.59. The average molecular weight is 231 g/mol. The van der Waals surface area contributed by atoms with E-state index in [2.05, 4.69) is 39.4 Å². The molecule has 0 saturated carbocycles. The molecule has 0 spiro atoms. The van der Waals surface area contributed by atoms with Crippen molar-refractivity contribution in [3.63, 3.8) is 0 Å². The summed E-state index contributed by atoms with van der Waals surface area (Å²) in [5.74, 6) is 0. The molecule has 3 nitrogen and oxygen atoms in total. The normalized spacial score (nSPS) is 10.1. The van der Waals surface area contributed by atoms with Crippen LogP contribution in [-0.4, -0.2) is 24.3 Å². The molecule has 2 rings (SSSR count). The van der Waals surface area contributed by atoms with Crippen LogP contribution in [0.25, 0.3) is 11.3 Å². The molecule has 1 heterocycles. The van der Waals surface area contributed by atoms with E-state index in [1.165, 1.54) is 5.69 Å². The molecule has 0 atom stereocenters. The highest BCUT2D eigenvalue weighted by Gasteiger charge is 1.99. The van der Waals surface area contributed by atoms with Crippen molar-refractivity contribution < 1.29 is 0 Å². The number of nitrogens with one attached hydrogen (secondary N) is 1. The Hall–Kier alpha value is -1.68. The van der Waals surface area contributed by atoms with Crippen LogP contribution in [0.3, 0.4) is 0 Å². The quantitative estimate of drug-likeness (QED) is 0.806. The molecule has 0 radical (unpaired) electrons. The SMILES string of the molecule is CN(C)c1ccc(-c2ccc(=S)[nH]n2)cc1. The van der Waals surface area contributed by atoms with Crippen LogP contribution in [0.4, 0.5) is 5.69 Å². The fourth-order valence-corrected chi connectivity index (χ4v) is 1.55. The van der Waals surface area contributed by atoms with E-state index < -0.39 is 0 Å². The maximum Gasteiger partial charge on any atom is 0.119 e. The fourth-order valence-electron chi connectivity index (χ4n) is 1.44. The average Bonchev–Trinajstić information content (AvgIpc) is 2.30. The lowest BCUT2D eigenvalue weighted by Gasteiger charge is -2.12. The van der Waals surface area contributed by atoms with Crippen LogP contribution in [0.2, 0.25) is 0 Å². The first kappa shape index (κ1) is 10.8. The van der Waals surface area contributed by atoms with E-state index in [1.54, 1.807) is 0 Å². The molecule has 0 amide bonds. The van der Waals surface area contributed by atoms with Gasteiger partial charge in [0.15, 0.2) is 0 Å². The predicted molar refractivity (Wildman–Crippen MR) is 69.2 cm³/mol. The Labute approximate surface area is 99.7 Å². The smallest absolute Gasteiger partial charge is 0.119 e. The molecular formula is C12H13N3S. The Kier molecular flexibility index (Phi) is 3.01. The molecule has 0 fully saturated rings. The Bertz CT molecular complexity index is 508.